The van der Waals surface area contributed by atoms with E-state index in [1.807, 2.05) is 0 Å². The van der Waals surface area contributed by atoms with Crippen LogP contribution in [-0.4, -0.2) is 27.7 Å². The molecule has 0 spiro atoms. The van der Waals surface area contributed by atoms with Crippen molar-refractivity contribution >= 4 is 11.7 Å². The van der Waals surface area contributed by atoms with Crippen LogP contribution in [0.4, 0.5) is 5.82 Å². The summed E-state index contributed by atoms with van der Waals surface area (Å²) in [5.41, 5.74) is 0.0926. The Labute approximate surface area is 98.0 Å². The number of carbonyl (C=O) groups excluding carboxylic acids is 1. The van der Waals surface area contributed by atoms with Crippen LogP contribution in [0.5, 0.6) is 0 Å². The predicted molar refractivity (Wildman–Crippen MR) is 59.6 cm³/mol. The summed E-state index contributed by atoms with van der Waals surface area (Å²) in [5.74, 6) is 0.143. The largest absolute Gasteiger partial charge is 0.358 e. The lowest BCUT2D eigenvalue weighted by Crippen LogP contribution is -2.18. The molecule has 1 amide bonds. The molecule has 0 saturated heterocycles. The van der Waals surface area contributed by atoms with Gasteiger partial charge in [0.25, 0.3) is 5.91 Å². The molecule has 0 unspecified atom stereocenters. The van der Waals surface area contributed by atoms with Crippen molar-refractivity contribution in [1.82, 2.24) is 15.1 Å². The highest BCUT2D eigenvalue weighted by atomic mass is 16.6. The zero-order valence-electron chi connectivity index (χ0n) is 9.55. The minimum absolute atomic E-state index is 0.0926. The fraction of sp³-hybridized carbons (Fsp3) is 0.600. The van der Waals surface area contributed by atoms with Crippen molar-refractivity contribution in [2.45, 2.75) is 25.8 Å². The summed E-state index contributed by atoms with van der Waals surface area (Å²) in [4.78, 5) is 21.7. The van der Waals surface area contributed by atoms with Crippen LogP contribution in [0.2, 0.25) is 0 Å². The van der Waals surface area contributed by atoms with E-state index in [2.05, 4.69) is 10.4 Å². The summed E-state index contributed by atoms with van der Waals surface area (Å²) in [5, 5.41) is 17.2. The van der Waals surface area contributed by atoms with Crippen LogP contribution >= 0.6 is 0 Å². The maximum Gasteiger partial charge on any atom is 0.345 e. The van der Waals surface area contributed by atoms with E-state index in [9.17, 15) is 14.9 Å². The van der Waals surface area contributed by atoms with E-state index < -0.39 is 10.8 Å². The topological polar surface area (TPSA) is 90.1 Å². The minimum atomic E-state index is -0.508. The summed E-state index contributed by atoms with van der Waals surface area (Å²) >= 11 is 0. The van der Waals surface area contributed by atoms with Gasteiger partial charge < -0.3 is 15.4 Å². The van der Waals surface area contributed by atoms with E-state index in [0.717, 1.165) is 6.42 Å². The van der Waals surface area contributed by atoms with Crippen LogP contribution in [0.1, 0.15) is 29.8 Å². The first-order valence-electron chi connectivity index (χ1n) is 5.56. The molecule has 7 heteroatoms. The van der Waals surface area contributed by atoms with Crippen LogP contribution in [0.15, 0.2) is 6.07 Å². The number of nitrogens with zero attached hydrogens (tertiary/aromatic N) is 3. The molecule has 1 aliphatic carbocycles. The number of aromatic nitrogens is 2. The van der Waals surface area contributed by atoms with Gasteiger partial charge in [-0.05, 0) is 17.3 Å². The molecule has 7 nitrogen and oxygen atoms in total. The third kappa shape index (κ3) is 2.61. The number of rotatable bonds is 5. The predicted octanol–water partition coefficient (Wildman–Crippen LogP) is 0.951. The van der Waals surface area contributed by atoms with Gasteiger partial charge >= 0.3 is 5.82 Å². The molecule has 0 bridgehead atoms. The lowest BCUT2D eigenvalue weighted by atomic mass is 10.3. The average molecular weight is 238 g/mol. The van der Waals surface area contributed by atoms with Gasteiger partial charge in [0, 0.05) is 7.05 Å². The SMILES string of the molecule is CNC(=O)c1cc([N+](=O)[O-])n(CCC2CC2)n1. The van der Waals surface area contributed by atoms with Gasteiger partial charge in [-0.15, -0.1) is 4.68 Å². The van der Waals surface area contributed by atoms with Crippen molar-refractivity contribution in [3.05, 3.63) is 21.9 Å². The minimum Gasteiger partial charge on any atom is -0.358 e. The third-order valence-corrected chi connectivity index (χ3v) is 2.85. The molecule has 1 aromatic rings. The number of amides is 1. The molecule has 0 aromatic carbocycles. The number of carbonyl (C=O) groups is 1. The molecule has 0 atom stereocenters. The van der Waals surface area contributed by atoms with Gasteiger partial charge in [-0.2, -0.15) is 0 Å². The first-order chi connectivity index (χ1) is 8.11. The summed E-state index contributed by atoms with van der Waals surface area (Å²) < 4.78 is 1.31. The van der Waals surface area contributed by atoms with E-state index in [-0.39, 0.29) is 11.5 Å². The third-order valence-electron chi connectivity index (χ3n) is 2.85. The highest BCUT2D eigenvalue weighted by molar-refractivity contribution is 5.92. The van der Waals surface area contributed by atoms with Crippen molar-refractivity contribution in [3.8, 4) is 0 Å². The Morgan fingerprint density at radius 2 is 2.41 bits per heavy atom. The second-order valence-corrected chi connectivity index (χ2v) is 4.18. The highest BCUT2D eigenvalue weighted by Crippen LogP contribution is 2.33. The standard InChI is InChI=1S/C10H14N4O3/c1-11-10(15)8-6-9(14(16)17)13(12-8)5-4-7-2-3-7/h6-7H,2-5H2,1H3,(H,11,15). The molecule has 0 aliphatic heterocycles. The smallest absolute Gasteiger partial charge is 0.345 e. The van der Waals surface area contributed by atoms with Gasteiger partial charge in [0.05, 0.1) is 6.07 Å². The van der Waals surface area contributed by atoms with Crippen LogP contribution in [0.25, 0.3) is 0 Å². The van der Waals surface area contributed by atoms with Crippen LogP contribution in [-0.2, 0) is 6.54 Å². The highest BCUT2D eigenvalue weighted by Gasteiger charge is 2.26. The number of nitrogens with one attached hydrogen (secondary N) is 1. The zero-order valence-corrected chi connectivity index (χ0v) is 9.55. The second kappa shape index (κ2) is 4.52. The monoisotopic (exact) mass is 238 g/mol. The van der Waals surface area contributed by atoms with Crippen LogP contribution in [0.3, 0.4) is 0 Å². The lowest BCUT2D eigenvalue weighted by Gasteiger charge is -1.97. The molecule has 1 saturated carbocycles. The molecule has 1 aromatic heterocycles. The zero-order chi connectivity index (χ0) is 12.4. The number of hydrogen-bond acceptors (Lipinski definition) is 4. The summed E-state index contributed by atoms with van der Waals surface area (Å²) in [6, 6.07) is 1.21. The molecule has 1 fully saturated rings. The van der Waals surface area contributed by atoms with Crippen molar-refractivity contribution < 1.29 is 9.72 Å². The molecule has 17 heavy (non-hydrogen) atoms. The first-order valence-corrected chi connectivity index (χ1v) is 5.56. The fourth-order valence-electron chi connectivity index (χ4n) is 1.67. The lowest BCUT2D eigenvalue weighted by molar-refractivity contribution is -0.392. The molecular formula is C10H14N4O3. The maximum atomic E-state index is 11.3. The number of hydrogen-bond donors (Lipinski definition) is 1. The quantitative estimate of drug-likeness (QED) is 0.610. The maximum absolute atomic E-state index is 11.3. The Bertz CT molecular complexity index is 450. The number of aryl methyl sites for hydroxylation is 1. The van der Waals surface area contributed by atoms with E-state index in [0.29, 0.717) is 12.5 Å². The van der Waals surface area contributed by atoms with Gasteiger partial charge in [-0.3, -0.25) is 4.79 Å². The molecule has 0 radical (unpaired) electrons. The van der Waals surface area contributed by atoms with Crippen molar-refractivity contribution in [2.24, 2.45) is 5.92 Å². The Morgan fingerprint density at radius 3 is 2.94 bits per heavy atom. The van der Waals surface area contributed by atoms with Crippen LogP contribution in [0, 0.1) is 16.0 Å². The Hall–Kier alpha value is -1.92. The van der Waals surface area contributed by atoms with Gasteiger partial charge in [-0.1, -0.05) is 17.9 Å². The van der Waals surface area contributed by atoms with E-state index in [1.165, 1.54) is 30.6 Å². The Balaban J connectivity index is 2.17. The fourth-order valence-corrected chi connectivity index (χ4v) is 1.67. The van der Waals surface area contributed by atoms with Gasteiger partial charge in [0.1, 0.15) is 6.54 Å². The first kappa shape index (κ1) is 11.6. The molecule has 2 rings (SSSR count). The Kier molecular flexibility index (Phi) is 3.08. The van der Waals surface area contributed by atoms with Crippen molar-refractivity contribution in [2.75, 3.05) is 7.05 Å². The van der Waals surface area contributed by atoms with Crippen molar-refractivity contribution in [3.63, 3.8) is 0 Å². The molecule has 92 valence electrons. The summed E-state index contributed by atoms with van der Waals surface area (Å²) in [7, 11) is 1.47. The normalized spacial score (nSPS) is 14.6. The van der Waals surface area contributed by atoms with Gasteiger partial charge in [-0.25, -0.2) is 0 Å². The number of nitro groups is 1. The summed E-state index contributed by atoms with van der Waals surface area (Å²) in [6.07, 6.45) is 3.27. The van der Waals surface area contributed by atoms with Gasteiger partial charge in [0.2, 0.25) is 0 Å². The van der Waals surface area contributed by atoms with E-state index >= 15 is 0 Å². The molecule has 1 N–H and O–H groups in total. The van der Waals surface area contributed by atoms with Gasteiger partial charge in [0.15, 0.2) is 5.69 Å². The second-order valence-electron chi connectivity index (χ2n) is 4.18. The molecule has 1 heterocycles. The van der Waals surface area contributed by atoms with Crippen molar-refractivity contribution in [1.29, 1.82) is 0 Å². The van der Waals surface area contributed by atoms with Crippen LogP contribution < -0.4 is 5.32 Å². The molecular weight excluding hydrogens is 224 g/mol. The average Bonchev–Trinajstić information content (AvgIpc) is 3.03. The Morgan fingerprint density at radius 1 is 1.71 bits per heavy atom. The summed E-state index contributed by atoms with van der Waals surface area (Å²) in [6.45, 7) is 0.498. The molecule has 1 aliphatic rings. The van der Waals surface area contributed by atoms with E-state index in [4.69, 9.17) is 0 Å². The van der Waals surface area contributed by atoms with E-state index in [1.54, 1.807) is 0 Å².